The summed E-state index contributed by atoms with van der Waals surface area (Å²) in [4.78, 5) is 17.8. The lowest BCUT2D eigenvalue weighted by molar-refractivity contribution is 0.0619. The van der Waals surface area contributed by atoms with Gasteiger partial charge in [-0.1, -0.05) is 12.1 Å². The van der Waals surface area contributed by atoms with Crippen molar-refractivity contribution in [3.63, 3.8) is 0 Å². The van der Waals surface area contributed by atoms with Gasteiger partial charge in [0.1, 0.15) is 5.69 Å². The highest BCUT2D eigenvalue weighted by molar-refractivity contribution is 7.14. The number of nitrogens with one attached hydrogen (secondary N) is 1. The van der Waals surface area contributed by atoms with E-state index in [0.717, 1.165) is 36.1 Å². The van der Waals surface area contributed by atoms with E-state index in [1.54, 1.807) is 7.11 Å². The van der Waals surface area contributed by atoms with Gasteiger partial charge in [-0.25, -0.2) is 0 Å². The molecule has 2 aromatic rings. The molecule has 6 nitrogen and oxygen atoms in total. The van der Waals surface area contributed by atoms with Crippen LogP contribution in [0.3, 0.4) is 0 Å². The van der Waals surface area contributed by atoms with Crippen LogP contribution in [0.4, 0.5) is 5.69 Å². The number of nitrogens with zero attached hydrogens (tertiary/aromatic N) is 3. The van der Waals surface area contributed by atoms with E-state index in [-0.39, 0.29) is 18.1 Å². The molecular formula is C20H26N4O2S. The second kappa shape index (κ2) is 7.04. The van der Waals surface area contributed by atoms with E-state index in [9.17, 15) is 4.79 Å². The normalized spacial score (nSPS) is 30.2. The Morgan fingerprint density at radius 3 is 2.78 bits per heavy atom. The standard InChI is InChI=1S/C20H26N4O2S/c1-26-14-7-10-24(11-14)17-4-2-3-15-18(22-27-19(15)17)20(25)21-16-12-23-8-5-13(16)6-9-23/h2-4,13-14,16H,5-12H2,1H3,(H,21,25)/t14?,16-/m1/s1. The number of fused-ring (bicyclic) bond motifs is 4. The molecule has 0 spiro atoms. The Kier molecular flexibility index (Phi) is 4.53. The smallest absolute Gasteiger partial charge is 0.271 e. The summed E-state index contributed by atoms with van der Waals surface area (Å²) in [5.74, 6) is 0.600. The molecule has 7 heteroatoms. The average molecular weight is 387 g/mol. The number of hydrogen-bond acceptors (Lipinski definition) is 6. The van der Waals surface area contributed by atoms with Crippen LogP contribution in [-0.2, 0) is 4.74 Å². The summed E-state index contributed by atoms with van der Waals surface area (Å²) < 4.78 is 11.2. The van der Waals surface area contributed by atoms with Gasteiger partial charge in [-0.3, -0.25) is 4.79 Å². The van der Waals surface area contributed by atoms with Crippen LogP contribution in [0, 0.1) is 5.92 Å². The van der Waals surface area contributed by atoms with Gasteiger partial charge in [0.15, 0.2) is 0 Å². The molecule has 144 valence electrons. The summed E-state index contributed by atoms with van der Waals surface area (Å²) in [6.45, 7) is 5.22. The molecule has 0 saturated carbocycles. The lowest BCUT2D eigenvalue weighted by atomic mass is 9.84. The molecule has 1 amide bonds. The molecule has 1 N–H and O–H groups in total. The third kappa shape index (κ3) is 3.11. The number of carbonyl (C=O) groups is 1. The molecule has 4 aliphatic rings. The minimum absolute atomic E-state index is 0.0201. The second-order valence-corrected chi connectivity index (χ2v) is 8.77. The molecule has 2 bridgehead atoms. The van der Waals surface area contributed by atoms with E-state index >= 15 is 0 Å². The molecule has 1 unspecified atom stereocenters. The van der Waals surface area contributed by atoms with Crippen LogP contribution in [0.5, 0.6) is 0 Å². The SMILES string of the molecule is COC1CCN(c2cccc3c(C(=O)N[C@@H]4CN5CCC4CC5)nsc23)C1. The van der Waals surface area contributed by atoms with E-state index in [0.29, 0.717) is 11.6 Å². The molecule has 4 aliphatic heterocycles. The van der Waals surface area contributed by atoms with E-state index in [2.05, 4.69) is 25.6 Å². The van der Waals surface area contributed by atoms with Crippen molar-refractivity contribution in [2.24, 2.45) is 5.92 Å². The first-order valence-electron chi connectivity index (χ1n) is 9.92. The summed E-state index contributed by atoms with van der Waals surface area (Å²) in [6.07, 6.45) is 3.72. The van der Waals surface area contributed by atoms with Gasteiger partial charge >= 0.3 is 0 Å². The molecule has 4 fully saturated rings. The topological polar surface area (TPSA) is 57.7 Å². The number of aromatic nitrogens is 1. The van der Waals surface area contributed by atoms with Gasteiger partial charge in [-0.15, -0.1) is 0 Å². The molecule has 1 aromatic heterocycles. The predicted molar refractivity (Wildman–Crippen MR) is 108 cm³/mol. The van der Waals surface area contributed by atoms with Crippen LogP contribution in [0.2, 0.25) is 0 Å². The lowest BCUT2D eigenvalue weighted by Crippen LogP contribution is -2.57. The van der Waals surface area contributed by atoms with E-state index in [1.807, 2.05) is 12.1 Å². The first-order valence-corrected chi connectivity index (χ1v) is 10.7. The maximum atomic E-state index is 13.0. The fraction of sp³-hybridized carbons (Fsp3) is 0.600. The van der Waals surface area contributed by atoms with Gasteiger partial charge in [-0.2, -0.15) is 4.37 Å². The largest absolute Gasteiger partial charge is 0.380 e. The van der Waals surface area contributed by atoms with Gasteiger partial charge in [0.2, 0.25) is 0 Å². The van der Waals surface area contributed by atoms with Crippen LogP contribution >= 0.6 is 11.5 Å². The fourth-order valence-electron chi connectivity index (χ4n) is 4.87. The summed E-state index contributed by atoms with van der Waals surface area (Å²) in [6, 6.07) is 6.46. The Bertz CT molecular complexity index is 846. The molecule has 4 saturated heterocycles. The maximum Gasteiger partial charge on any atom is 0.271 e. The zero-order chi connectivity index (χ0) is 18.4. The van der Waals surface area contributed by atoms with Crippen LogP contribution in [0.1, 0.15) is 29.8 Å². The van der Waals surface area contributed by atoms with Crippen LogP contribution in [-0.4, -0.2) is 67.2 Å². The van der Waals surface area contributed by atoms with Gasteiger partial charge in [0.05, 0.1) is 16.5 Å². The molecule has 0 radical (unpaired) electrons. The Morgan fingerprint density at radius 1 is 1.22 bits per heavy atom. The highest BCUT2D eigenvalue weighted by atomic mass is 32.1. The quantitative estimate of drug-likeness (QED) is 0.874. The Balaban J connectivity index is 1.38. The van der Waals surface area contributed by atoms with Gasteiger partial charge in [-0.05, 0) is 55.9 Å². The van der Waals surface area contributed by atoms with Crippen LogP contribution in [0.25, 0.3) is 10.1 Å². The molecular weight excluding hydrogens is 360 g/mol. The van der Waals surface area contributed by atoms with Crippen LogP contribution < -0.4 is 10.2 Å². The first kappa shape index (κ1) is 17.4. The van der Waals surface area contributed by atoms with Gasteiger partial charge < -0.3 is 19.9 Å². The molecule has 5 heterocycles. The highest BCUT2D eigenvalue weighted by Gasteiger charge is 2.35. The number of benzene rings is 1. The average Bonchev–Trinajstić information content (AvgIpc) is 3.36. The van der Waals surface area contributed by atoms with Crippen molar-refractivity contribution in [2.45, 2.75) is 31.4 Å². The Hall–Kier alpha value is -1.70. The monoisotopic (exact) mass is 386 g/mol. The minimum atomic E-state index is -0.0201. The van der Waals surface area contributed by atoms with Crippen molar-refractivity contribution in [3.05, 3.63) is 23.9 Å². The second-order valence-electron chi connectivity index (χ2n) is 8.00. The predicted octanol–water partition coefficient (Wildman–Crippen LogP) is 2.35. The zero-order valence-corrected chi connectivity index (χ0v) is 16.5. The van der Waals surface area contributed by atoms with Crippen molar-refractivity contribution >= 4 is 33.2 Å². The third-order valence-electron chi connectivity index (χ3n) is 6.48. The number of piperidine rings is 3. The van der Waals surface area contributed by atoms with E-state index < -0.39 is 0 Å². The number of amides is 1. The number of methoxy groups -OCH3 is 1. The number of carbonyl (C=O) groups excluding carboxylic acids is 1. The molecule has 0 aliphatic carbocycles. The molecule has 2 atom stereocenters. The fourth-order valence-corrected chi connectivity index (χ4v) is 5.78. The van der Waals surface area contributed by atoms with Gasteiger partial charge in [0.25, 0.3) is 5.91 Å². The van der Waals surface area contributed by atoms with Crippen molar-refractivity contribution in [3.8, 4) is 0 Å². The Labute approximate surface area is 163 Å². The Morgan fingerprint density at radius 2 is 2.07 bits per heavy atom. The number of rotatable bonds is 4. The van der Waals surface area contributed by atoms with Crippen molar-refractivity contribution in [1.29, 1.82) is 0 Å². The number of anilines is 1. The zero-order valence-electron chi connectivity index (χ0n) is 15.7. The van der Waals surface area contributed by atoms with E-state index in [4.69, 9.17) is 4.74 Å². The van der Waals surface area contributed by atoms with E-state index in [1.165, 1.54) is 43.2 Å². The summed E-state index contributed by atoms with van der Waals surface area (Å²) in [5, 5.41) is 4.25. The molecule has 27 heavy (non-hydrogen) atoms. The molecule has 1 aromatic carbocycles. The number of ether oxygens (including phenoxy) is 1. The molecule has 6 rings (SSSR count). The van der Waals surface area contributed by atoms with Crippen molar-refractivity contribution in [2.75, 3.05) is 44.7 Å². The van der Waals surface area contributed by atoms with Gasteiger partial charge in [0, 0.05) is 38.2 Å². The summed E-state index contributed by atoms with van der Waals surface area (Å²) in [5.41, 5.74) is 1.75. The third-order valence-corrected chi connectivity index (χ3v) is 7.37. The lowest BCUT2D eigenvalue weighted by Gasteiger charge is -2.44. The summed E-state index contributed by atoms with van der Waals surface area (Å²) in [7, 11) is 1.78. The van der Waals surface area contributed by atoms with Crippen LogP contribution in [0.15, 0.2) is 18.2 Å². The first-order chi connectivity index (χ1) is 13.2. The van der Waals surface area contributed by atoms with Crippen molar-refractivity contribution in [1.82, 2.24) is 14.6 Å². The van der Waals surface area contributed by atoms with Crippen molar-refractivity contribution < 1.29 is 9.53 Å². The maximum absolute atomic E-state index is 13.0. The number of hydrogen-bond donors (Lipinski definition) is 1. The minimum Gasteiger partial charge on any atom is -0.380 e. The summed E-state index contributed by atoms with van der Waals surface area (Å²) >= 11 is 1.44. The highest BCUT2D eigenvalue weighted by Crippen LogP contribution is 2.35.